The molecule has 0 aliphatic carbocycles. The number of rotatable bonds is 7. The van der Waals surface area contributed by atoms with Crippen LogP contribution < -0.4 is 0 Å². The van der Waals surface area contributed by atoms with Gasteiger partial charge in [-0.15, -0.1) is 23.1 Å². The number of thiophene rings is 1. The van der Waals surface area contributed by atoms with E-state index in [9.17, 15) is 5.11 Å². The van der Waals surface area contributed by atoms with Gasteiger partial charge in [-0.05, 0) is 54.8 Å². The van der Waals surface area contributed by atoms with Crippen molar-refractivity contribution >= 4 is 23.1 Å². The van der Waals surface area contributed by atoms with Crippen LogP contribution in [0.3, 0.4) is 0 Å². The molecule has 2 aromatic rings. The minimum atomic E-state index is -0.310. The zero-order valence-corrected chi connectivity index (χ0v) is 14.5. The van der Waals surface area contributed by atoms with Crippen LogP contribution >= 0.6 is 23.1 Å². The third-order valence-corrected chi connectivity index (χ3v) is 5.17. The molecule has 1 atom stereocenters. The molecule has 0 aliphatic rings. The van der Waals surface area contributed by atoms with Crippen molar-refractivity contribution in [2.24, 2.45) is 0 Å². The van der Waals surface area contributed by atoms with Gasteiger partial charge in [0.05, 0.1) is 6.10 Å². The van der Waals surface area contributed by atoms with Gasteiger partial charge in [0, 0.05) is 29.4 Å². The summed E-state index contributed by atoms with van der Waals surface area (Å²) in [6.45, 7) is 6.47. The summed E-state index contributed by atoms with van der Waals surface area (Å²) < 4.78 is 0. The van der Waals surface area contributed by atoms with Crippen LogP contribution in [0.4, 0.5) is 0 Å². The molecule has 4 heteroatoms. The van der Waals surface area contributed by atoms with E-state index in [1.54, 1.807) is 23.1 Å². The van der Waals surface area contributed by atoms with Gasteiger partial charge in [0.1, 0.15) is 0 Å². The van der Waals surface area contributed by atoms with Gasteiger partial charge in [-0.1, -0.05) is 12.1 Å². The molecule has 114 valence electrons. The molecule has 0 radical (unpaired) electrons. The lowest BCUT2D eigenvalue weighted by molar-refractivity contribution is 0.118. The molecule has 21 heavy (non-hydrogen) atoms. The van der Waals surface area contributed by atoms with Crippen LogP contribution in [0.15, 0.2) is 40.6 Å². The third-order valence-electron chi connectivity index (χ3n) is 3.42. The molecule has 1 aromatic carbocycles. The fourth-order valence-electron chi connectivity index (χ4n) is 2.32. The summed E-state index contributed by atoms with van der Waals surface area (Å²) in [5, 5.41) is 11.9. The van der Waals surface area contributed by atoms with Crippen molar-refractivity contribution in [3.8, 4) is 0 Å². The lowest BCUT2D eigenvalue weighted by Crippen LogP contribution is -2.30. The molecule has 1 N–H and O–H groups in total. The molecule has 0 bridgehead atoms. The van der Waals surface area contributed by atoms with Crippen LogP contribution in [0, 0.1) is 6.92 Å². The molecule has 0 spiro atoms. The summed E-state index contributed by atoms with van der Waals surface area (Å²) >= 11 is 3.56. The van der Waals surface area contributed by atoms with Gasteiger partial charge in [-0.25, -0.2) is 0 Å². The molecule has 0 saturated heterocycles. The first-order valence-corrected chi connectivity index (χ1v) is 9.25. The first kappa shape index (κ1) is 16.6. The van der Waals surface area contributed by atoms with Crippen LogP contribution in [0.2, 0.25) is 0 Å². The first-order valence-electron chi connectivity index (χ1n) is 7.15. The number of hydrogen-bond donors (Lipinski definition) is 1. The number of thioether (sulfide) groups is 1. The van der Waals surface area contributed by atoms with Crippen LogP contribution in [0.1, 0.15) is 22.9 Å². The summed E-state index contributed by atoms with van der Waals surface area (Å²) in [5.74, 6) is 0. The maximum Gasteiger partial charge on any atom is 0.0639 e. The summed E-state index contributed by atoms with van der Waals surface area (Å²) in [5.41, 5.74) is 2.64. The topological polar surface area (TPSA) is 23.5 Å². The highest BCUT2D eigenvalue weighted by Crippen LogP contribution is 2.20. The predicted octanol–water partition coefficient (Wildman–Crippen LogP) is 4.16. The molecule has 0 aliphatic heterocycles. The van der Waals surface area contributed by atoms with Crippen molar-refractivity contribution < 1.29 is 5.11 Å². The average Bonchev–Trinajstić information content (AvgIpc) is 2.84. The van der Waals surface area contributed by atoms with E-state index in [1.807, 2.05) is 6.92 Å². The van der Waals surface area contributed by atoms with Crippen LogP contribution in [0.25, 0.3) is 0 Å². The summed E-state index contributed by atoms with van der Waals surface area (Å²) in [6, 6.07) is 10.9. The fraction of sp³-hybridized carbons (Fsp3) is 0.412. The van der Waals surface area contributed by atoms with Crippen molar-refractivity contribution in [3.63, 3.8) is 0 Å². The SMILES string of the molecule is CSc1ccc(CN(Cc2sccc2C)CC(C)O)cc1. The molecule has 1 unspecified atom stereocenters. The molecule has 1 heterocycles. The van der Waals surface area contributed by atoms with Gasteiger partial charge in [0.2, 0.25) is 0 Å². The van der Waals surface area contributed by atoms with E-state index in [2.05, 4.69) is 53.8 Å². The van der Waals surface area contributed by atoms with Crippen LogP contribution in [0.5, 0.6) is 0 Å². The monoisotopic (exact) mass is 321 g/mol. The third kappa shape index (κ3) is 5.15. The van der Waals surface area contributed by atoms with E-state index in [1.165, 1.54) is 20.9 Å². The van der Waals surface area contributed by atoms with E-state index < -0.39 is 0 Å². The second kappa shape index (κ2) is 7.99. The number of aliphatic hydroxyl groups excluding tert-OH is 1. The van der Waals surface area contributed by atoms with E-state index in [0.717, 1.165) is 13.1 Å². The lowest BCUT2D eigenvalue weighted by atomic mass is 10.2. The fourth-order valence-corrected chi connectivity index (χ4v) is 3.67. The largest absolute Gasteiger partial charge is 0.392 e. The van der Waals surface area contributed by atoms with Gasteiger partial charge in [0.25, 0.3) is 0 Å². The second-order valence-corrected chi connectivity index (χ2v) is 7.27. The highest BCUT2D eigenvalue weighted by molar-refractivity contribution is 7.98. The predicted molar refractivity (Wildman–Crippen MR) is 93.1 cm³/mol. The van der Waals surface area contributed by atoms with Gasteiger partial charge < -0.3 is 5.11 Å². The van der Waals surface area contributed by atoms with Crippen molar-refractivity contribution in [2.45, 2.75) is 37.9 Å². The maximum absolute atomic E-state index is 9.74. The molecule has 1 aromatic heterocycles. The van der Waals surface area contributed by atoms with Gasteiger partial charge in [0.15, 0.2) is 0 Å². The smallest absolute Gasteiger partial charge is 0.0639 e. The van der Waals surface area contributed by atoms with E-state index in [4.69, 9.17) is 0 Å². The molecule has 0 saturated carbocycles. The molecule has 2 rings (SSSR count). The first-order chi connectivity index (χ1) is 10.1. The van der Waals surface area contributed by atoms with E-state index >= 15 is 0 Å². The average molecular weight is 322 g/mol. The molecule has 0 fully saturated rings. The zero-order valence-electron chi connectivity index (χ0n) is 12.9. The number of aryl methyl sites for hydroxylation is 1. The summed E-state index contributed by atoms with van der Waals surface area (Å²) in [6.07, 6.45) is 1.78. The van der Waals surface area contributed by atoms with Gasteiger partial charge in [-0.2, -0.15) is 0 Å². The normalized spacial score (nSPS) is 12.8. The Labute approximate surface area is 135 Å². The number of benzene rings is 1. The number of nitrogens with zero attached hydrogens (tertiary/aromatic N) is 1. The standard InChI is InChI=1S/C17H23NOS2/c1-13-8-9-21-17(13)12-18(10-14(2)19)11-15-4-6-16(20-3)7-5-15/h4-9,14,19H,10-12H2,1-3H3. The summed E-state index contributed by atoms with van der Waals surface area (Å²) in [4.78, 5) is 4.99. The Kier molecular flexibility index (Phi) is 6.30. The van der Waals surface area contributed by atoms with Gasteiger partial charge in [-0.3, -0.25) is 4.90 Å². The Bertz CT molecular complexity index is 548. The lowest BCUT2D eigenvalue weighted by Gasteiger charge is -2.23. The Morgan fingerprint density at radius 2 is 1.90 bits per heavy atom. The van der Waals surface area contributed by atoms with Crippen molar-refractivity contribution in [2.75, 3.05) is 12.8 Å². The summed E-state index contributed by atoms with van der Waals surface area (Å²) in [7, 11) is 0. The Balaban J connectivity index is 2.06. The van der Waals surface area contributed by atoms with Gasteiger partial charge >= 0.3 is 0 Å². The van der Waals surface area contributed by atoms with Crippen molar-refractivity contribution in [1.82, 2.24) is 4.90 Å². The zero-order chi connectivity index (χ0) is 15.2. The minimum absolute atomic E-state index is 0.310. The quantitative estimate of drug-likeness (QED) is 0.775. The molecule has 0 amide bonds. The number of hydrogen-bond acceptors (Lipinski definition) is 4. The van der Waals surface area contributed by atoms with Crippen LogP contribution in [-0.4, -0.2) is 28.9 Å². The maximum atomic E-state index is 9.74. The highest BCUT2D eigenvalue weighted by Gasteiger charge is 2.12. The van der Waals surface area contributed by atoms with Crippen molar-refractivity contribution in [3.05, 3.63) is 51.7 Å². The Morgan fingerprint density at radius 1 is 1.19 bits per heavy atom. The Morgan fingerprint density at radius 3 is 2.43 bits per heavy atom. The molecular formula is C17H23NOS2. The number of aliphatic hydroxyl groups is 1. The van der Waals surface area contributed by atoms with E-state index in [0.29, 0.717) is 6.54 Å². The molecule has 2 nitrogen and oxygen atoms in total. The van der Waals surface area contributed by atoms with Crippen LogP contribution in [-0.2, 0) is 13.1 Å². The van der Waals surface area contributed by atoms with E-state index in [-0.39, 0.29) is 6.10 Å². The second-order valence-electron chi connectivity index (χ2n) is 5.39. The van der Waals surface area contributed by atoms with Crippen molar-refractivity contribution in [1.29, 1.82) is 0 Å². The highest BCUT2D eigenvalue weighted by atomic mass is 32.2. The Hall–Kier alpha value is -0.810. The molecular weight excluding hydrogens is 298 g/mol. The minimum Gasteiger partial charge on any atom is -0.392 e.